The molecule has 0 nitrogen and oxygen atoms in total. The van der Waals surface area contributed by atoms with Crippen molar-refractivity contribution in [1.29, 1.82) is 0 Å². The monoisotopic (exact) mass is 504 g/mol. The molecule has 0 aliphatic rings. The zero-order chi connectivity index (χ0) is 26.2. The quantitative estimate of drug-likeness (QED) is 0.162. The molecule has 0 spiro atoms. The van der Waals surface area contributed by atoms with Gasteiger partial charge in [0.1, 0.15) is 0 Å². The molecular weight excluding hydrogens is 480 g/mol. The number of fused-ring (bicyclic) bond motifs is 3. The SMILES string of the molecule is c1ccc2cc(-c3c4ccccc4c(-c4cc5cccc6ccc7cccc4c7c65)c4ccccc34)ccc2c1. The van der Waals surface area contributed by atoms with Crippen molar-refractivity contribution >= 4 is 64.6 Å². The second-order valence-electron chi connectivity index (χ2n) is 10.9. The fourth-order valence-corrected chi connectivity index (χ4v) is 7.04. The van der Waals surface area contributed by atoms with E-state index in [-0.39, 0.29) is 0 Å². The molecule has 9 aromatic carbocycles. The topological polar surface area (TPSA) is 0 Å². The molecule has 0 heteroatoms. The van der Waals surface area contributed by atoms with Gasteiger partial charge in [0.2, 0.25) is 0 Å². The summed E-state index contributed by atoms with van der Waals surface area (Å²) >= 11 is 0. The Kier molecular flexibility index (Phi) is 4.42. The summed E-state index contributed by atoms with van der Waals surface area (Å²) in [7, 11) is 0. The average molecular weight is 505 g/mol. The zero-order valence-electron chi connectivity index (χ0n) is 21.9. The van der Waals surface area contributed by atoms with Gasteiger partial charge in [-0.1, -0.05) is 133 Å². The molecule has 0 saturated heterocycles. The Morgan fingerprint density at radius 1 is 0.275 bits per heavy atom. The molecule has 9 rings (SSSR count). The Bertz CT molecular complexity index is 2370. The molecular formula is C40H24. The minimum Gasteiger partial charge on any atom is -0.0616 e. The van der Waals surface area contributed by atoms with Crippen LogP contribution in [0.1, 0.15) is 0 Å². The van der Waals surface area contributed by atoms with E-state index in [1.807, 2.05) is 0 Å². The fraction of sp³-hybridized carbons (Fsp3) is 0. The lowest BCUT2D eigenvalue weighted by Crippen LogP contribution is -1.93. The van der Waals surface area contributed by atoms with Gasteiger partial charge in [-0.15, -0.1) is 0 Å². The minimum atomic E-state index is 1.26. The van der Waals surface area contributed by atoms with E-state index < -0.39 is 0 Å². The Labute approximate surface area is 232 Å². The third kappa shape index (κ3) is 2.96. The fourth-order valence-electron chi connectivity index (χ4n) is 7.04. The Morgan fingerprint density at radius 2 is 0.775 bits per heavy atom. The van der Waals surface area contributed by atoms with Crippen LogP contribution in [0.5, 0.6) is 0 Å². The van der Waals surface area contributed by atoms with Crippen LogP contribution in [0, 0.1) is 0 Å². The highest BCUT2D eigenvalue weighted by molar-refractivity contribution is 6.30. The van der Waals surface area contributed by atoms with E-state index in [1.54, 1.807) is 0 Å². The standard InChI is InChI=1S/C40H24/c1-2-10-28-23-30(22-19-25(28)9-1)38-31-14-3-5-16-33(31)40(34-17-6-4-15-32(34)38)36-24-29-13-7-11-26-20-21-27-12-8-18-35(36)39(27)37(26)29/h1-24H. The second-order valence-corrected chi connectivity index (χ2v) is 10.9. The summed E-state index contributed by atoms with van der Waals surface area (Å²) in [4.78, 5) is 0. The molecule has 0 atom stereocenters. The number of benzene rings is 9. The van der Waals surface area contributed by atoms with Crippen LogP contribution >= 0.6 is 0 Å². The first-order chi connectivity index (χ1) is 19.8. The van der Waals surface area contributed by atoms with Gasteiger partial charge in [-0.05, 0) is 99.0 Å². The lowest BCUT2D eigenvalue weighted by Gasteiger charge is -2.20. The highest BCUT2D eigenvalue weighted by Crippen LogP contribution is 2.47. The molecule has 0 bridgehead atoms. The zero-order valence-corrected chi connectivity index (χ0v) is 21.9. The molecule has 9 aromatic rings. The van der Waals surface area contributed by atoms with Crippen LogP contribution < -0.4 is 0 Å². The number of hydrogen-bond donors (Lipinski definition) is 0. The van der Waals surface area contributed by atoms with Crippen LogP contribution in [0.25, 0.3) is 86.9 Å². The summed E-state index contributed by atoms with van der Waals surface area (Å²) in [5.41, 5.74) is 5.18. The van der Waals surface area contributed by atoms with Crippen molar-refractivity contribution in [3.8, 4) is 22.3 Å². The van der Waals surface area contributed by atoms with Gasteiger partial charge in [0.25, 0.3) is 0 Å². The van der Waals surface area contributed by atoms with Crippen molar-refractivity contribution in [1.82, 2.24) is 0 Å². The van der Waals surface area contributed by atoms with Crippen molar-refractivity contribution in [2.45, 2.75) is 0 Å². The third-order valence-electron chi connectivity index (χ3n) is 8.75. The van der Waals surface area contributed by atoms with E-state index >= 15 is 0 Å². The van der Waals surface area contributed by atoms with Crippen LogP contribution in [0.4, 0.5) is 0 Å². The number of rotatable bonds is 2. The van der Waals surface area contributed by atoms with Gasteiger partial charge >= 0.3 is 0 Å². The normalized spacial score (nSPS) is 12.0. The van der Waals surface area contributed by atoms with E-state index in [9.17, 15) is 0 Å². The van der Waals surface area contributed by atoms with Crippen LogP contribution in [0.15, 0.2) is 146 Å². The highest BCUT2D eigenvalue weighted by atomic mass is 14.2. The summed E-state index contributed by atoms with van der Waals surface area (Å²) in [5.74, 6) is 0. The summed E-state index contributed by atoms with van der Waals surface area (Å²) in [6, 6.07) is 53.9. The highest BCUT2D eigenvalue weighted by Gasteiger charge is 2.20. The largest absolute Gasteiger partial charge is 0.0616 e. The average Bonchev–Trinajstić information content (AvgIpc) is 3.02. The molecule has 0 fully saturated rings. The molecule has 0 N–H and O–H groups in total. The van der Waals surface area contributed by atoms with E-state index in [0.717, 1.165) is 0 Å². The summed E-state index contributed by atoms with van der Waals surface area (Å²) < 4.78 is 0. The van der Waals surface area contributed by atoms with Crippen molar-refractivity contribution in [2.75, 3.05) is 0 Å². The third-order valence-corrected chi connectivity index (χ3v) is 8.75. The van der Waals surface area contributed by atoms with Crippen molar-refractivity contribution in [2.24, 2.45) is 0 Å². The van der Waals surface area contributed by atoms with Crippen LogP contribution in [0.3, 0.4) is 0 Å². The minimum absolute atomic E-state index is 1.26. The molecule has 0 amide bonds. The van der Waals surface area contributed by atoms with Crippen molar-refractivity contribution in [3.63, 3.8) is 0 Å². The van der Waals surface area contributed by atoms with E-state index in [0.29, 0.717) is 0 Å². The van der Waals surface area contributed by atoms with Gasteiger partial charge in [0.15, 0.2) is 0 Å². The smallest absolute Gasteiger partial charge is 0.00199 e. The molecule has 0 aromatic heterocycles. The maximum atomic E-state index is 2.42. The second kappa shape index (κ2) is 8.15. The van der Waals surface area contributed by atoms with Gasteiger partial charge in [-0.2, -0.15) is 0 Å². The number of hydrogen-bond acceptors (Lipinski definition) is 0. The molecule has 0 aliphatic heterocycles. The first-order valence-corrected chi connectivity index (χ1v) is 13.9. The van der Waals surface area contributed by atoms with E-state index in [2.05, 4.69) is 146 Å². The summed E-state index contributed by atoms with van der Waals surface area (Å²) in [5, 5.41) is 15.6. The molecule has 0 radical (unpaired) electrons. The van der Waals surface area contributed by atoms with Gasteiger partial charge < -0.3 is 0 Å². The Balaban J connectivity index is 1.47. The lowest BCUT2D eigenvalue weighted by atomic mass is 9.82. The molecule has 0 aliphatic carbocycles. The predicted molar refractivity (Wildman–Crippen MR) is 174 cm³/mol. The summed E-state index contributed by atoms with van der Waals surface area (Å²) in [6.07, 6.45) is 0. The summed E-state index contributed by atoms with van der Waals surface area (Å²) in [6.45, 7) is 0. The van der Waals surface area contributed by atoms with Gasteiger partial charge in [-0.25, -0.2) is 0 Å². The van der Waals surface area contributed by atoms with Crippen LogP contribution in [-0.2, 0) is 0 Å². The van der Waals surface area contributed by atoms with Crippen molar-refractivity contribution < 1.29 is 0 Å². The molecule has 0 unspecified atom stereocenters. The molecule has 0 heterocycles. The molecule has 0 saturated carbocycles. The van der Waals surface area contributed by atoms with Gasteiger partial charge in [0, 0.05) is 0 Å². The lowest BCUT2D eigenvalue weighted by molar-refractivity contribution is 1.69. The molecule has 184 valence electrons. The van der Waals surface area contributed by atoms with E-state index in [4.69, 9.17) is 0 Å². The van der Waals surface area contributed by atoms with E-state index in [1.165, 1.54) is 86.9 Å². The maximum Gasteiger partial charge on any atom is -0.00199 e. The maximum absolute atomic E-state index is 2.42. The molecule has 40 heavy (non-hydrogen) atoms. The van der Waals surface area contributed by atoms with Crippen molar-refractivity contribution in [3.05, 3.63) is 146 Å². The van der Waals surface area contributed by atoms with Crippen LogP contribution in [-0.4, -0.2) is 0 Å². The van der Waals surface area contributed by atoms with Gasteiger partial charge in [0.05, 0.1) is 0 Å². The predicted octanol–water partition coefficient (Wildman–Crippen LogP) is 11.4. The van der Waals surface area contributed by atoms with Crippen LogP contribution in [0.2, 0.25) is 0 Å². The first-order valence-electron chi connectivity index (χ1n) is 13.9. The first kappa shape index (κ1) is 21.7. The van der Waals surface area contributed by atoms with Gasteiger partial charge in [-0.3, -0.25) is 0 Å². The Morgan fingerprint density at radius 3 is 1.50 bits per heavy atom. The Hall–Kier alpha value is -5.20.